The first kappa shape index (κ1) is 21.1. The van der Waals surface area contributed by atoms with E-state index in [-0.39, 0.29) is 18.1 Å². The molecule has 7 nitrogen and oxygen atoms in total. The molecule has 0 atom stereocenters. The summed E-state index contributed by atoms with van der Waals surface area (Å²) >= 11 is 0. The maximum Gasteiger partial charge on any atom is 0.346 e. The Labute approximate surface area is 181 Å². The van der Waals surface area contributed by atoms with Crippen molar-refractivity contribution < 1.29 is 9.53 Å². The highest BCUT2D eigenvalue weighted by Crippen LogP contribution is 2.12. The van der Waals surface area contributed by atoms with Crippen molar-refractivity contribution in [2.24, 2.45) is 0 Å². The van der Waals surface area contributed by atoms with Gasteiger partial charge in [-0.3, -0.25) is 9.36 Å². The van der Waals surface area contributed by atoms with Crippen molar-refractivity contribution in [3.63, 3.8) is 0 Å². The fourth-order valence-corrected chi connectivity index (χ4v) is 3.84. The third-order valence-electron chi connectivity index (χ3n) is 5.54. The van der Waals surface area contributed by atoms with Gasteiger partial charge in [-0.2, -0.15) is 5.10 Å². The molecule has 1 aliphatic rings. The average molecular weight is 421 g/mol. The fraction of sp³-hybridized carbons (Fsp3) is 0.375. The molecule has 1 amide bonds. The zero-order valence-electron chi connectivity index (χ0n) is 17.6. The van der Waals surface area contributed by atoms with E-state index in [2.05, 4.69) is 10.4 Å². The van der Waals surface area contributed by atoms with Crippen LogP contribution < -0.4 is 11.0 Å². The minimum absolute atomic E-state index is 0.0640. The number of rotatable bonds is 8. The summed E-state index contributed by atoms with van der Waals surface area (Å²) in [5, 5.41) is 7.29. The molecule has 31 heavy (non-hydrogen) atoms. The van der Waals surface area contributed by atoms with Crippen LogP contribution in [0.1, 0.15) is 41.8 Å². The predicted molar refractivity (Wildman–Crippen MR) is 117 cm³/mol. The Morgan fingerprint density at radius 1 is 0.968 bits per heavy atom. The van der Waals surface area contributed by atoms with Crippen molar-refractivity contribution in [2.45, 2.75) is 58.5 Å². The quantitative estimate of drug-likeness (QED) is 0.608. The maximum atomic E-state index is 12.5. The van der Waals surface area contributed by atoms with Gasteiger partial charge in [0.1, 0.15) is 12.4 Å². The van der Waals surface area contributed by atoms with Gasteiger partial charge >= 0.3 is 5.69 Å². The Morgan fingerprint density at radius 2 is 1.74 bits per heavy atom. The molecule has 1 aliphatic heterocycles. The van der Waals surface area contributed by atoms with E-state index in [0.29, 0.717) is 26.3 Å². The van der Waals surface area contributed by atoms with E-state index in [4.69, 9.17) is 4.74 Å². The van der Waals surface area contributed by atoms with Crippen molar-refractivity contribution in [2.75, 3.05) is 0 Å². The lowest BCUT2D eigenvalue weighted by molar-refractivity contribution is -0.122. The highest BCUT2D eigenvalue weighted by atomic mass is 16.5. The third kappa shape index (κ3) is 5.49. The van der Waals surface area contributed by atoms with E-state index < -0.39 is 0 Å². The number of carbonyl (C=O) groups excluding carboxylic acids is 1. The van der Waals surface area contributed by atoms with Gasteiger partial charge in [-0.1, -0.05) is 61.0 Å². The lowest BCUT2D eigenvalue weighted by Crippen LogP contribution is -2.33. The summed E-state index contributed by atoms with van der Waals surface area (Å²) < 4.78 is 8.84. The van der Waals surface area contributed by atoms with Gasteiger partial charge in [0.05, 0.1) is 13.2 Å². The van der Waals surface area contributed by atoms with Gasteiger partial charge in [-0.15, -0.1) is 0 Å². The van der Waals surface area contributed by atoms with Crippen molar-refractivity contribution in [1.29, 1.82) is 0 Å². The lowest BCUT2D eigenvalue weighted by Gasteiger charge is -2.11. The molecule has 0 fully saturated rings. The summed E-state index contributed by atoms with van der Waals surface area (Å²) in [7, 11) is 0. The summed E-state index contributed by atoms with van der Waals surface area (Å²) in [6.07, 6.45) is 3.91. The van der Waals surface area contributed by atoms with Crippen LogP contribution in [0, 0.1) is 0 Å². The molecule has 2 aromatic carbocycles. The molecule has 0 bridgehead atoms. The van der Waals surface area contributed by atoms with Crippen LogP contribution in [0.4, 0.5) is 0 Å². The Morgan fingerprint density at radius 3 is 2.58 bits per heavy atom. The SMILES string of the molecule is O=C(Cn1nc2n(c1=O)CCCCC2)NCc1ccccc1COCc1ccccc1. The summed E-state index contributed by atoms with van der Waals surface area (Å²) in [6, 6.07) is 17.9. The smallest absolute Gasteiger partial charge is 0.346 e. The van der Waals surface area contributed by atoms with E-state index in [0.717, 1.165) is 48.2 Å². The molecule has 4 rings (SSSR count). The van der Waals surface area contributed by atoms with Gasteiger partial charge in [0.25, 0.3) is 0 Å². The summed E-state index contributed by atoms with van der Waals surface area (Å²) in [5.74, 6) is 0.562. The van der Waals surface area contributed by atoms with Crippen molar-refractivity contribution in [1.82, 2.24) is 19.7 Å². The normalized spacial score (nSPS) is 13.4. The number of fused-ring (bicyclic) bond motifs is 1. The Bertz CT molecular complexity index is 1070. The summed E-state index contributed by atoms with van der Waals surface area (Å²) in [5.41, 5.74) is 2.96. The molecule has 1 aromatic heterocycles. The van der Waals surface area contributed by atoms with Crippen LogP contribution in [-0.4, -0.2) is 20.3 Å². The van der Waals surface area contributed by atoms with E-state index in [1.807, 2.05) is 54.6 Å². The third-order valence-corrected chi connectivity index (χ3v) is 5.54. The number of hydrogen-bond acceptors (Lipinski definition) is 4. The van der Waals surface area contributed by atoms with Gasteiger partial charge in [0.15, 0.2) is 0 Å². The molecule has 0 unspecified atom stereocenters. The van der Waals surface area contributed by atoms with Gasteiger partial charge < -0.3 is 10.1 Å². The highest BCUT2D eigenvalue weighted by molar-refractivity contribution is 5.75. The van der Waals surface area contributed by atoms with Gasteiger partial charge in [-0.25, -0.2) is 9.48 Å². The monoisotopic (exact) mass is 420 g/mol. The Balaban J connectivity index is 1.32. The molecule has 0 saturated heterocycles. The summed E-state index contributed by atoms with van der Waals surface area (Å²) in [4.78, 5) is 25.0. The molecular weight excluding hydrogens is 392 g/mol. The van der Waals surface area contributed by atoms with E-state index in [9.17, 15) is 9.59 Å². The second kappa shape index (κ2) is 10.2. The minimum Gasteiger partial charge on any atom is -0.372 e. The molecule has 0 spiro atoms. The van der Waals surface area contributed by atoms with Gasteiger partial charge in [0.2, 0.25) is 5.91 Å². The minimum atomic E-state index is -0.227. The topological polar surface area (TPSA) is 78.2 Å². The highest BCUT2D eigenvalue weighted by Gasteiger charge is 2.17. The van der Waals surface area contributed by atoms with Crippen LogP contribution >= 0.6 is 0 Å². The zero-order valence-corrected chi connectivity index (χ0v) is 17.6. The number of nitrogens with zero attached hydrogens (tertiary/aromatic N) is 3. The fourth-order valence-electron chi connectivity index (χ4n) is 3.84. The number of amides is 1. The number of carbonyl (C=O) groups is 1. The van der Waals surface area contributed by atoms with Crippen LogP contribution in [0.15, 0.2) is 59.4 Å². The molecule has 1 N–H and O–H groups in total. The molecule has 7 heteroatoms. The predicted octanol–water partition coefficient (Wildman–Crippen LogP) is 2.80. The van der Waals surface area contributed by atoms with E-state index in [1.54, 1.807) is 4.57 Å². The number of hydrogen-bond donors (Lipinski definition) is 1. The number of aryl methyl sites for hydroxylation is 1. The first-order valence-corrected chi connectivity index (χ1v) is 10.8. The molecule has 162 valence electrons. The molecule has 0 aliphatic carbocycles. The number of aromatic nitrogens is 3. The van der Waals surface area contributed by atoms with Crippen LogP contribution in [0.5, 0.6) is 0 Å². The zero-order chi connectivity index (χ0) is 21.5. The van der Waals surface area contributed by atoms with Crippen LogP contribution in [0.2, 0.25) is 0 Å². The molecular formula is C24H28N4O3. The lowest BCUT2D eigenvalue weighted by atomic mass is 10.1. The van der Waals surface area contributed by atoms with Crippen LogP contribution in [-0.2, 0) is 48.8 Å². The number of nitrogens with one attached hydrogen (secondary N) is 1. The first-order chi connectivity index (χ1) is 15.2. The summed E-state index contributed by atoms with van der Waals surface area (Å²) in [6.45, 7) is 2.01. The standard InChI is InChI=1S/C24H28N4O3/c29-23(16-28-24(30)27-14-8-2-5-13-22(27)26-28)25-15-20-11-6-7-12-21(20)18-31-17-19-9-3-1-4-10-19/h1,3-4,6-7,9-12H,2,5,8,13-18H2,(H,25,29). The second-order valence-corrected chi connectivity index (χ2v) is 7.84. The van der Waals surface area contributed by atoms with Crippen LogP contribution in [0.25, 0.3) is 0 Å². The first-order valence-electron chi connectivity index (χ1n) is 10.8. The van der Waals surface area contributed by atoms with Gasteiger partial charge in [0, 0.05) is 19.5 Å². The molecule has 2 heterocycles. The average Bonchev–Trinajstić information content (AvgIpc) is 2.94. The number of ether oxygens (including phenoxy) is 1. The Hall–Kier alpha value is -3.19. The van der Waals surface area contributed by atoms with Crippen molar-refractivity contribution >= 4 is 5.91 Å². The van der Waals surface area contributed by atoms with E-state index >= 15 is 0 Å². The molecule has 0 radical (unpaired) electrons. The largest absolute Gasteiger partial charge is 0.372 e. The van der Waals surface area contributed by atoms with Crippen LogP contribution in [0.3, 0.4) is 0 Å². The number of benzene rings is 2. The van der Waals surface area contributed by atoms with Crippen molar-refractivity contribution in [3.05, 3.63) is 87.6 Å². The molecule has 3 aromatic rings. The Kier molecular flexibility index (Phi) is 6.94. The van der Waals surface area contributed by atoms with Crippen molar-refractivity contribution in [3.8, 4) is 0 Å². The maximum absolute atomic E-state index is 12.5. The van der Waals surface area contributed by atoms with Gasteiger partial charge in [-0.05, 0) is 29.5 Å². The second-order valence-electron chi connectivity index (χ2n) is 7.84. The molecule has 0 saturated carbocycles. The van der Waals surface area contributed by atoms with E-state index in [1.165, 1.54) is 4.68 Å².